The Labute approximate surface area is 284 Å². The van der Waals surface area contributed by atoms with Crippen molar-refractivity contribution in [2.24, 2.45) is 5.73 Å². The first-order valence-corrected chi connectivity index (χ1v) is 16.3. The number of Topliss-reactive ketones (excluding diaryl/α,β-unsaturated/α-hetero) is 1. The minimum absolute atomic E-state index is 0.0525. The number of amides is 2. The number of hydrogen-bond donors (Lipinski definition) is 2. The van der Waals surface area contributed by atoms with E-state index in [1.165, 1.54) is 0 Å². The van der Waals surface area contributed by atoms with Crippen molar-refractivity contribution in [3.05, 3.63) is 115 Å². The van der Waals surface area contributed by atoms with Crippen molar-refractivity contribution in [1.82, 2.24) is 10.2 Å². The third-order valence-corrected chi connectivity index (χ3v) is 8.94. The molecule has 1 saturated heterocycles. The van der Waals surface area contributed by atoms with Gasteiger partial charge in [0.2, 0.25) is 11.8 Å². The zero-order chi connectivity index (χ0) is 32.3. The largest absolute Gasteiger partial charge is 0.344 e. The van der Waals surface area contributed by atoms with Gasteiger partial charge in [0.25, 0.3) is 0 Å². The summed E-state index contributed by atoms with van der Waals surface area (Å²) in [4.78, 5) is 42.6. The number of benzene rings is 3. The normalized spacial score (nSPS) is 15.8. The predicted molar refractivity (Wildman–Crippen MR) is 185 cm³/mol. The molecule has 4 rings (SSSR count). The van der Waals surface area contributed by atoms with Gasteiger partial charge in [-0.25, -0.2) is 0 Å². The van der Waals surface area contributed by atoms with Crippen molar-refractivity contribution < 1.29 is 14.4 Å². The van der Waals surface area contributed by atoms with Gasteiger partial charge >= 0.3 is 0 Å². The summed E-state index contributed by atoms with van der Waals surface area (Å²) in [6, 6.07) is 18.9. The van der Waals surface area contributed by atoms with E-state index in [-0.39, 0.29) is 30.7 Å². The van der Waals surface area contributed by atoms with Gasteiger partial charge in [-0.15, -0.1) is 0 Å². The molecule has 3 aromatic rings. The number of rotatable bonds is 12. The van der Waals surface area contributed by atoms with Crippen LogP contribution >= 0.6 is 46.4 Å². The number of hydrogen-bond acceptors (Lipinski definition) is 4. The second-order valence-electron chi connectivity index (χ2n) is 11.0. The Balaban J connectivity index is 1.65. The second kappa shape index (κ2) is 17.0. The van der Waals surface area contributed by atoms with Crippen LogP contribution in [0.2, 0.25) is 20.1 Å². The SMILES string of the molecule is NCCCCCCC(=O)N[C@@H](Cc1ccccc1)C(=O)N1C/C(=C\c2ccc(Cl)c(Cl)c2)C(=O)/C(=C/c2ccc(Cl)c(Cl)c2)C1. The number of carbonyl (C=O) groups is 3. The molecule has 0 bridgehead atoms. The number of likely N-dealkylation sites (tertiary alicyclic amines) is 1. The third-order valence-electron chi connectivity index (χ3n) is 7.46. The molecule has 0 aromatic heterocycles. The van der Waals surface area contributed by atoms with Crippen LogP contribution in [0.15, 0.2) is 77.9 Å². The van der Waals surface area contributed by atoms with Crippen LogP contribution < -0.4 is 11.1 Å². The lowest BCUT2D eigenvalue weighted by atomic mass is 9.93. The number of nitrogens with two attached hydrogens (primary N) is 1. The van der Waals surface area contributed by atoms with E-state index in [4.69, 9.17) is 52.1 Å². The van der Waals surface area contributed by atoms with Crippen molar-refractivity contribution in [3.63, 3.8) is 0 Å². The molecular weight excluding hydrogens is 652 g/mol. The lowest BCUT2D eigenvalue weighted by molar-refractivity contribution is -0.136. The molecule has 1 atom stereocenters. The maximum absolute atomic E-state index is 14.2. The zero-order valence-electron chi connectivity index (χ0n) is 24.7. The van der Waals surface area contributed by atoms with Crippen LogP contribution in [0.5, 0.6) is 0 Å². The highest BCUT2D eigenvalue weighted by Gasteiger charge is 2.33. The molecule has 0 aliphatic carbocycles. The molecule has 3 N–H and O–H groups in total. The van der Waals surface area contributed by atoms with Crippen molar-refractivity contribution in [2.45, 2.75) is 44.6 Å². The summed E-state index contributed by atoms with van der Waals surface area (Å²) in [7, 11) is 0. The molecule has 1 heterocycles. The van der Waals surface area contributed by atoms with E-state index in [9.17, 15) is 14.4 Å². The Morgan fingerprint density at radius 1 is 0.778 bits per heavy atom. The fourth-order valence-electron chi connectivity index (χ4n) is 5.12. The molecule has 10 heteroatoms. The summed E-state index contributed by atoms with van der Waals surface area (Å²) in [5.41, 5.74) is 8.61. The van der Waals surface area contributed by atoms with E-state index < -0.39 is 6.04 Å². The molecule has 0 spiro atoms. The van der Waals surface area contributed by atoms with Crippen molar-refractivity contribution in [1.29, 1.82) is 0 Å². The van der Waals surface area contributed by atoms with E-state index in [0.29, 0.717) is 68.2 Å². The quantitative estimate of drug-likeness (QED) is 0.150. The first-order chi connectivity index (χ1) is 21.6. The van der Waals surface area contributed by atoms with E-state index >= 15 is 0 Å². The van der Waals surface area contributed by atoms with Gasteiger partial charge in [0.1, 0.15) is 6.04 Å². The first kappa shape index (κ1) is 34.7. The molecule has 1 aliphatic heterocycles. The minimum Gasteiger partial charge on any atom is -0.344 e. The summed E-state index contributed by atoms with van der Waals surface area (Å²) in [6.07, 6.45) is 7.51. The average Bonchev–Trinajstić information content (AvgIpc) is 3.02. The molecule has 1 aliphatic rings. The van der Waals surface area contributed by atoms with Crippen LogP contribution in [0.4, 0.5) is 0 Å². The number of halogens is 4. The molecule has 0 unspecified atom stereocenters. The van der Waals surface area contributed by atoms with Gasteiger partial charge in [-0.05, 0) is 72.5 Å². The second-order valence-corrected chi connectivity index (χ2v) is 12.6. The van der Waals surface area contributed by atoms with Gasteiger partial charge in [-0.2, -0.15) is 0 Å². The molecule has 2 amide bonds. The molecule has 236 valence electrons. The van der Waals surface area contributed by atoms with Crippen LogP contribution in [0.25, 0.3) is 12.2 Å². The van der Waals surface area contributed by atoms with E-state index in [1.54, 1.807) is 53.5 Å². The Kier molecular flexibility index (Phi) is 13.1. The first-order valence-electron chi connectivity index (χ1n) is 14.8. The fraction of sp³-hybridized carbons (Fsp3) is 0.286. The highest BCUT2D eigenvalue weighted by molar-refractivity contribution is 6.42. The van der Waals surface area contributed by atoms with E-state index in [1.807, 2.05) is 30.3 Å². The fourth-order valence-corrected chi connectivity index (χ4v) is 5.74. The van der Waals surface area contributed by atoms with Crippen LogP contribution in [0, 0.1) is 0 Å². The number of carbonyl (C=O) groups excluding carboxylic acids is 3. The van der Waals surface area contributed by atoms with Gasteiger partial charge in [0, 0.05) is 37.1 Å². The Morgan fingerprint density at radius 2 is 1.33 bits per heavy atom. The van der Waals surface area contributed by atoms with Crippen molar-refractivity contribution in [3.8, 4) is 0 Å². The summed E-state index contributed by atoms with van der Waals surface area (Å²) < 4.78 is 0. The smallest absolute Gasteiger partial charge is 0.246 e. The Hall–Kier alpha value is -3.13. The predicted octanol–water partition coefficient (Wildman–Crippen LogP) is 7.82. The standard InChI is InChI=1S/C35H35Cl4N3O3/c36-28-13-11-24(18-30(28)38)16-26-21-42(22-27(34(26)44)17-25-12-14-29(37)31(39)19-25)35(45)32(20-23-8-4-3-5-9-23)41-33(43)10-6-1-2-7-15-40/h3-5,8-9,11-14,16-19,32H,1-2,6-7,10,15,20-22,40H2,(H,41,43)/b26-16+,27-17+/t32-/m0/s1. The van der Waals surface area contributed by atoms with Crippen LogP contribution in [-0.2, 0) is 20.8 Å². The molecule has 0 saturated carbocycles. The molecular formula is C35H35Cl4N3O3. The number of unbranched alkanes of at least 4 members (excludes halogenated alkanes) is 3. The molecule has 1 fully saturated rings. The van der Waals surface area contributed by atoms with Gasteiger partial charge in [0.05, 0.1) is 20.1 Å². The highest BCUT2D eigenvalue weighted by atomic mass is 35.5. The van der Waals surface area contributed by atoms with E-state index in [2.05, 4.69) is 5.32 Å². The Morgan fingerprint density at radius 3 is 1.87 bits per heavy atom. The summed E-state index contributed by atoms with van der Waals surface area (Å²) in [5, 5.41) is 4.46. The van der Waals surface area contributed by atoms with Crippen molar-refractivity contribution in [2.75, 3.05) is 19.6 Å². The minimum atomic E-state index is -0.824. The van der Waals surface area contributed by atoms with Gasteiger partial charge in [0.15, 0.2) is 5.78 Å². The molecule has 45 heavy (non-hydrogen) atoms. The summed E-state index contributed by atoms with van der Waals surface area (Å²) in [5.74, 6) is -0.691. The maximum atomic E-state index is 14.2. The van der Waals surface area contributed by atoms with Crippen LogP contribution in [0.3, 0.4) is 0 Å². The molecule has 6 nitrogen and oxygen atoms in total. The number of ketones is 1. The third kappa shape index (κ3) is 10.2. The lowest BCUT2D eigenvalue weighted by Crippen LogP contribution is -2.52. The van der Waals surface area contributed by atoms with E-state index in [0.717, 1.165) is 24.8 Å². The lowest BCUT2D eigenvalue weighted by Gasteiger charge is -2.33. The topological polar surface area (TPSA) is 92.5 Å². The maximum Gasteiger partial charge on any atom is 0.246 e. The average molecular weight is 687 g/mol. The van der Waals surface area contributed by atoms with Crippen molar-refractivity contribution >= 4 is 76.2 Å². The van der Waals surface area contributed by atoms with Gasteiger partial charge in [-0.3, -0.25) is 14.4 Å². The van der Waals surface area contributed by atoms with Gasteiger partial charge < -0.3 is 16.0 Å². The number of nitrogens with one attached hydrogen (secondary N) is 1. The number of piperidine rings is 1. The number of nitrogens with zero attached hydrogens (tertiary/aromatic N) is 1. The van der Waals surface area contributed by atoms with Crippen LogP contribution in [0.1, 0.15) is 48.8 Å². The summed E-state index contributed by atoms with van der Waals surface area (Å²) in [6.45, 7) is 0.731. The molecule has 0 radical (unpaired) electrons. The summed E-state index contributed by atoms with van der Waals surface area (Å²) >= 11 is 24.7. The zero-order valence-corrected chi connectivity index (χ0v) is 27.7. The van der Waals surface area contributed by atoms with Crippen LogP contribution in [-0.4, -0.2) is 48.2 Å². The highest BCUT2D eigenvalue weighted by Crippen LogP contribution is 2.28. The molecule has 3 aromatic carbocycles. The Bertz CT molecular complexity index is 1520. The van der Waals surface area contributed by atoms with Gasteiger partial charge in [-0.1, -0.05) is 102 Å². The monoisotopic (exact) mass is 685 g/mol.